The Balaban J connectivity index is 3.05. The second-order valence-electron chi connectivity index (χ2n) is 2.77. The van der Waals surface area contributed by atoms with Crippen molar-refractivity contribution in [3.05, 3.63) is 41.7 Å². The molecule has 1 aromatic carbocycles. The molecule has 12 heavy (non-hydrogen) atoms. The van der Waals surface area contributed by atoms with Crippen molar-refractivity contribution in [2.75, 3.05) is 6.54 Å². The molecule has 0 spiro atoms. The Kier molecular flexibility index (Phi) is 2.61. The highest BCUT2D eigenvalue weighted by Crippen LogP contribution is 2.14. The van der Waals surface area contributed by atoms with Gasteiger partial charge in [-0.05, 0) is 29.7 Å². The van der Waals surface area contributed by atoms with Crippen LogP contribution in [0.3, 0.4) is 0 Å². The van der Waals surface area contributed by atoms with Gasteiger partial charge in [0.15, 0.2) is 0 Å². The lowest BCUT2D eigenvalue weighted by atomic mass is 10.1. The van der Waals surface area contributed by atoms with Crippen LogP contribution in [0.25, 0.3) is 5.57 Å². The first kappa shape index (κ1) is 8.94. The zero-order chi connectivity index (χ0) is 9.14. The van der Waals surface area contributed by atoms with E-state index in [1.54, 1.807) is 13.0 Å². The molecule has 1 nitrogen and oxygen atoms in total. The fourth-order valence-corrected chi connectivity index (χ4v) is 0.931. The molecule has 2 heteroatoms. The maximum absolute atomic E-state index is 13.0. The van der Waals surface area contributed by atoms with Gasteiger partial charge in [0.05, 0.1) is 0 Å². The molecule has 1 aromatic rings. The zero-order valence-electron chi connectivity index (χ0n) is 7.10. The van der Waals surface area contributed by atoms with Gasteiger partial charge in [-0.25, -0.2) is 4.39 Å². The first-order valence-corrected chi connectivity index (χ1v) is 3.79. The lowest BCUT2D eigenvalue weighted by Crippen LogP contribution is -2.01. The average Bonchev–Trinajstić information content (AvgIpc) is 2.08. The summed E-state index contributed by atoms with van der Waals surface area (Å²) in [6.45, 7) is 5.81. The summed E-state index contributed by atoms with van der Waals surface area (Å²) in [5.41, 5.74) is 7.55. The Morgan fingerprint density at radius 1 is 1.58 bits per heavy atom. The topological polar surface area (TPSA) is 26.0 Å². The minimum absolute atomic E-state index is 0.206. The van der Waals surface area contributed by atoms with Crippen LogP contribution in [0.4, 0.5) is 4.39 Å². The third-order valence-corrected chi connectivity index (χ3v) is 1.83. The molecule has 0 heterocycles. The minimum Gasteiger partial charge on any atom is -0.326 e. The first-order chi connectivity index (χ1) is 5.65. The Morgan fingerprint density at radius 2 is 2.25 bits per heavy atom. The van der Waals surface area contributed by atoms with Gasteiger partial charge in [0.2, 0.25) is 0 Å². The van der Waals surface area contributed by atoms with E-state index in [1.165, 1.54) is 6.07 Å². The molecular formula is C10H12FN. The lowest BCUT2D eigenvalue weighted by Gasteiger charge is -2.03. The van der Waals surface area contributed by atoms with E-state index >= 15 is 0 Å². The number of rotatable bonds is 2. The number of hydrogen-bond acceptors (Lipinski definition) is 1. The molecule has 64 valence electrons. The summed E-state index contributed by atoms with van der Waals surface area (Å²) < 4.78 is 13.0. The van der Waals surface area contributed by atoms with E-state index in [2.05, 4.69) is 6.58 Å². The fourth-order valence-electron chi connectivity index (χ4n) is 0.931. The summed E-state index contributed by atoms with van der Waals surface area (Å²) in [6, 6.07) is 5.02. The second-order valence-corrected chi connectivity index (χ2v) is 2.77. The second kappa shape index (κ2) is 3.50. The van der Waals surface area contributed by atoms with Crippen molar-refractivity contribution in [2.24, 2.45) is 5.73 Å². The van der Waals surface area contributed by atoms with E-state index in [9.17, 15) is 4.39 Å². The van der Waals surface area contributed by atoms with Gasteiger partial charge in [-0.15, -0.1) is 0 Å². The van der Waals surface area contributed by atoms with Gasteiger partial charge in [-0.2, -0.15) is 0 Å². The van der Waals surface area contributed by atoms with Gasteiger partial charge in [-0.1, -0.05) is 18.7 Å². The quantitative estimate of drug-likeness (QED) is 0.713. The van der Waals surface area contributed by atoms with Crippen molar-refractivity contribution in [1.82, 2.24) is 0 Å². The van der Waals surface area contributed by atoms with Crippen LogP contribution in [0, 0.1) is 12.7 Å². The van der Waals surface area contributed by atoms with Crippen LogP contribution in [0.1, 0.15) is 11.1 Å². The SMILES string of the molecule is C=C(CN)c1ccc(C)c(F)c1. The molecule has 0 saturated heterocycles. The summed E-state index contributed by atoms with van der Waals surface area (Å²) in [5.74, 6) is -0.206. The number of benzene rings is 1. The third-order valence-electron chi connectivity index (χ3n) is 1.83. The maximum atomic E-state index is 13.0. The maximum Gasteiger partial charge on any atom is 0.126 e. The molecule has 2 N–H and O–H groups in total. The van der Waals surface area contributed by atoms with Crippen molar-refractivity contribution in [3.8, 4) is 0 Å². The normalized spacial score (nSPS) is 9.92. The van der Waals surface area contributed by atoms with Crippen molar-refractivity contribution in [1.29, 1.82) is 0 Å². The molecule has 0 fully saturated rings. The monoisotopic (exact) mass is 165 g/mol. The Hall–Kier alpha value is -1.15. The number of halogens is 1. The van der Waals surface area contributed by atoms with Crippen LogP contribution in [0.5, 0.6) is 0 Å². The number of nitrogens with two attached hydrogens (primary N) is 1. The standard InChI is InChI=1S/C10H12FN/c1-7-3-4-9(5-10(7)11)8(2)6-12/h3-5H,2,6,12H2,1H3. The van der Waals surface area contributed by atoms with Crippen LogP contribution in [-0.4, -0.2) is 6.54 Å². The Morgan fingerprint density at radius 3 is 2.75 bits per heavy atom. The average molecular weight is 165 g/mol. The van der Waals surface area contributed by atoms with E-state index < -0.39 is 0 Å². The van der Waals surface area contributed by atoms with E-state index in [1.807, 2.05) is 6.07 Å². The zero-order valence-corrected chi connectivity index (χ0v) is 7.10. The summed E-state index contributed by atoms with van der Waals surface area (Å²) >= 11 is 0. The summed E-state index contributed by atoms with van der Waals surface area (Å²) in [6.07, 6.45) is 0. The minimum atomic E-state index is -0.206. The van der Waals surface area contributed by atoms with E-state index in [4.69, 9.17) is 5.73 Å². The van der Waals surface area contributed by atoms with Gasteiger partial charge in [-0.3, -0.25) is 0 Å². The van der Waals surface area contributed by atoms with Crippen LogP contribution in [-0.2, 0) is 0 Å². The molecule has 0 aliphatic heterocycles. The molecule has 0 bridgehead atoms. The Bertz CT molecular complexity index is 305. The largest absolute Gasteiger partial charge is 0.326 e. The van der Waals surface area contributed by atoms with Crippen molar-refractivity contribution in [2.45, 2.75) is 6.92 Å². The van der Waals surface area contributed by atoms with Gasteiger partial charge < -0.3 is 5.73 Å². The molecule has 0 saturated carbocycles. The highest BCUT2D eigenvalue weighted by molar-refractivity contribution is 5.64. The molecule has 0 aliphatic rings. The van der Waals surface area contributed by atoms with Crippen LogP contribution in [0.2, 0.25) is 0 Å². The van der Waals surface area contributed by atoms with Crippen molar-refractivity contribution >= 4 is 5.57 Å². The molecule has 0 amide bonds. The van der Waals surface area contributed by atoms with Gasteiger partial charge >= 0.3 is 0 Å². The third kappa shape index (κ3) is 1.71. The van der Waals surface area contributed by atoms with E-state index in [-0.39, 0.29) is 5.82 Å². The van der Waals surface area contributed by atoms with Crippen LogP contribution < -0.4 is 5.73 Å². The highest BCUT2D eigenvalue weighted by atomic mass is 19.1. The van der Waals surface area contributed by atoms with Gasteiger partial charge in [0.25, 0.3) is 0 Å². The van der Waals surface area contributed by atoms with Crippen molar-refractivity contribution < 1.29 is 4.39 Å². The first-order valence-electron chi connectivity index (χ1n) is 3.79. The van der Waals surface area contributed by atoms with Crippen molar-refractivity contribution in [3.63, 3.8) is 0 Å². The molecule has 0 radical (unpaired) electrons. The Labute approximate surface area is 71.7 Å². The molecular weight excluding hydrogens is 153 g/mol. The van der Waals surface area contributed by atoms with Crippen LogP contribution in [0.15, 0.2) is 24.8 Å². The summed E-state index contributed by atoms with van der Waals surface area (Å²) in [7, 11) is 0. The van der Waals surface area contributed by atoms with Gasteiger partial charge in [0, 0.05) is 6.54 Å². The number of hydrogen-bond donors (Lipinski definition) is 1. The summed E-state index contributed by atoms with van der Waals surface area (Å²) in [4.78, 5) is 0. The van der Waals surface area contributed by atoms with Gasteiger partial charge in [0.1, 0.15) is 5.82 Å². The predicted molar refractivity (Wildman–Crippen MR) is 49.2 cm³/mol. The van der Waals surface area contributed by atoms with E-state index in [0.29, 0.717) is 12.1 Å². The lowest BCUT2D eigenvalue weighted by molar-refractivity contribution is 0.618. The van der Waals surface area contributed by atoms with Crippen LogP contribution >= 0.6 is 0 Å². The molecule has 0 unspecified atom stereocenters. The molecule has 1 rings (SSSR count). The molecule has 0 atom stereocenters. The predicted octanol–water partition coefficient (Wildman–Crippen LogP) is 2.11. The smallest absolute Gasteiger partial charge is 0.126 e. The number of aryl methyl sites for hydroxylation is 1. The highest BCUT2D eigenvalue weighted by Gasteiger charge is 2.00. The molecule has 0 aliphatic carbocycles. The fraction of sp³-hybridized carbons (Fsp3) is 0.200. The van der Waals surface area contributed by atoms with E-state index in [0.717, 1.165) is 11.1 Å². The molecule has 0 aromatic heterocycles. The summed E-state index contributed by atoms with van der Waals surface area (Å²) in [5, 5.41) is 0.